The fraction of sp³-hybridized carbons (Fsp3) is 0.0952. The molecule has 0 atom stereocenters. The molecular formula is C21H20N2. The Morgan fingerprint density at radius 2 is 1.74 bits per heavy atom. The van der Waals surface area contributed by atoms with Crippen LogP contribution in [0.1, 0.15) is 29.5 Å². The molecule has 3 N–H and O–H groups in total. The molecule has 0 heterocycles. The summed E-state index contributed by atoms with van der Waals surface area (Å²) in [5.74, 6) is 0. The van der Waals surface area contributed by atoms with Crippen molar-refractivity contribution in [3.63, 3.8) is 0 Å². The second-order valence-corrected chi connectivity index (χ2v) is 5.60. The van der Waals surface area contributed by atoms with Crippen LogP contribution < -0.4 is 5.73 Å². The molecule has 2 aromatic rings. The lowest BCUT2D eigenvalue weighted by atomic mass is 9.96. The SMILES string of the molecule is N=C(C=C(N)c1ccccc1)c1cccc(C2=CCCC=C2)c1. The van der Waals surface area contributed by atoms with Gasteiger partial charge in [-0.15, -0.1) is 0 Å². The fourth-order valence-corrected chi connectivity index (χ4v) is 2.65. The molecule has 114 valence electrons. The molecule has 0 saturated heterocycles. The van der Waals surface area contributed by atoms with Crippen LogP contribution in [-0.4, -0.2) is 5.71 Å². The van der Waals surface area contributed by atoms with Gasteiger partial charge in [0.2, 0.25) is 0 Å². The van der Waals surface area contributed by atoms with Gasteiger partial charge in [0.25, 0.3) is 0 Å². The first kappa shape index (κ1) is 15.0. The second-order valence-electron chi connectivity index (χ2n) is 5.60. The highest BCUT2D eigenvalue weighted by molar-refractivity contribution is 6.10. The van der Waals surface area contributed by atoms with Crippen LogP contribution in [0.4, 0.5) is 0 Å². The third-order valence-electron chi connectivity index (χ3n) is 3.91. The van der Waals surface area contributed by atoms with Crippen LogP contribution in [-0.2, 0) is 0 Å². The molecule has 23 heavy (non-hydrogen) atoms. The summed E-state index contributed by atoms with van der Waals surface area (Å²) < 4.78 is 0. The Kier molecular flexibility index (Phi) is 4.53. The monoisotopic (exact) mass is 300 g/mol. The van der Waals surface area contributed by atoms with Gasteiger partial charge in [-0.05, 0) is 41.7 Å². The molecule has 2 heteroatoms. The van der Waals surface area contributed by atoms with Crippen LogP contribution in [0.2, 0.25) is 0 Å². The second kappa shape index (κ2) is 6.93. The summed E-state index contributed by atoms with van der Waals surface area (Å²) in [5, 5.41) is 8.33. The van der Waals surface area contributed by atoms with Crippen molar-refractivity contribution in [2.24, 2.45) is 5.73 Å². The molecule has 1 aliphatic carbocycles. The lowest BCUT2D eigenvalue weighted by Gasteiger charge is -2.09. The van der Waals surface area contributed by atoms with E-state index in [1.54, 1.807) is 6.08 Å². The highest BCUT2D eigenvalue weighted by Crippen LogP contribution is 2.22. The Bertz CT molecular complexity index is 796. The van der Waals surface area contributed by atoms with Crippen LogP contribution in [0, 0.1) is 5.41 Å². The Labute approximate surface area is 137 Å². The van der Waals surface area contributed by atoms with Gasteiger partial charge in [0.1, 0.15) is 0 Å². The minimum absolute atomic E-state index is 0.425. The van der Waals surface area contributed by atoms with Crippen molar-refractivity contribution in [2.75, 3.05) is 0 Å². The van der Waals surface area contributed by atoms with E-state index in [0.29, 0.717) is 11.4 Å². The molecule has 3 rings (SSSR count). The van der Waals surface area contributed by atoms with Crippen LogP contribution in [0.25, 0.3) is 11.3 Å². The maximum atomic E-state index is 8.33. The van der Waals surface area contributed by atoms with Gasteiger partial charge in [-0.3, -0.25) is 0 Å². The van der Waals surface area contributed by atoms with Gasteiger partial charge in [0, 0.05) is 11.3 Å². The third-order valence-corrected chi connectivity index (χ3v) is 3.91. The molecule has 0 bridgehead atoms. The minimum Gasteiger partial charge on any atom is -0.398 e. The smallest absolute Gasteiger partial charge is 0.0633 e. The molecule has 0 amide bonds. The molecular weight excluding hydrogens is 280 g/mol. The van der Waals surface area contributed by atoms with Crippen molar-refractivity contribution in [3.05, 3.63) is 95.6 Å². The van der Waals surface area contributed by atoms with Gasteiger partial charge in [-0.2, -0.15) is 0 Å². The van der Waals surface area contributed by atoms with Gasteiger partial charge >= 0.3 is 0 Å². The van der Waals surface area contributed by atoms with Crippen LogP contribution >= 0.6 is 0 Å². The normalized spacial score (nSPS) is 14.4. The zero-order valence-corrected chi connectivity index (χ0v) is 13.0. The lowest BCUT2D eigenvalue weighted by molar-refractivity contribution is 1.04. The number of benzene rings is 2. The maximum absolute atomic E-state index is 8.33. The Hall–Kier alpha value is -2.87. The average molecular weight is 300 g/mol. The first-order chi connectivity index (χ1) is 11.2. The Morgan fingerprint density at radius 3 is 2.48 bits per heavy atom. The lowest BCUT2D eigenvalue weighted by Crippen LogP contribution is -2.03. The van der Waals surface area contributed by atoms with Crippen LogP contribution in [0.15, 0.2) is 78.9 Å². The van der Waals surface area contributed by atoms with Crippen molar-refractivity contribution in [1.29, 1.82) is 5.41 Å². The van der Waals surface area contributed by atoms with Crippen LogP contribution in [0.3, 0.4) is 0 Å². The summed E-state index contributed by atoms with van der Waals surface area (Å²) in [4.78, 5) is 0. The molecule has 1 aliphatic rings. The van der Waals surface area contributed by atoms with E-state index in [9.17, 15) is 0 Å². The Morgan fingerprint density at radius 1 is 0.957 bits per heavy atom. The summed E-state index contributed by atoms with van der Waals surface area (Å²) in [6.45, 7) is 0. The zero-order valence-electron chi connectivity index (χ0n) is 13.0. The van der Waals surface area contributed by atoms with Gasteiger partial charge in [-0.25, -0.2) is 0 Å². The van der Waals surface area contributed by atoms with E-state index in [0.717, 1.165) is 29.5 Å². The summed E-state index contributed by atoms with van der Waals surface area (Å²) in [7, 11) is 0. The summed E-state index contributed by atoms with van der Waals surface area (Å²) >= 11 is 0. The van der Waals surface area contributed by atoms with Crippen molar-refractivity contribution < 1.29 is 0 Å². The Balaban J connectivity index is 1.86. The molecule has 0 spiro atoms. The van der Waals surface area contributed by atoms with Crippen molar-refractivity contribution in [2.45, 2.75) is 12.8 Å². The van der Waals surface area contributed by atoms with E-state index < -0.39 is 0 Å². The van der Waals surface area contributed by atoms with Crippen molar-refractivity contribution in [3.8, 4) is 0 Å². The summed E-state index contributed by atoms with van der Waals surface area (Å²) in [5.41, 5.74) is 11.3. The predicted octanol–water partition coefficient (Wildman–Crippen LogP) is 4.79. The molecule has 0 aromatic heterocycles. The van der Waals surface area contributed by atoms with Crippen molar-refractivity contribution >= 4 is 17.0 Å². The highest BCUT2D eigenvalue weighted by Gasteiger charge is 2.05. The molecule has 0 aliphatic heterocycles. The first-order valence-corrected chi connectivity index (χ1v) is 7.83. The van der Waals surface area contributed by atoms with E-state index in [1.165, 1.54) is 5.57 Å². The molecule has 0 saturated carbocycles. The number of nitrogens with one attached hydrogen (secondary N) is 1. The van der Waals surface area contributed by atoms with Gasteiger partial charge < -0.3 is 11.1 Å². The largest absolute Gasteiger partial charge is 0.398 e. The highest BCUT2D eigenvalue weighted by atomic mass is 14.6. The molecule has 0 radical (unpaired) electrons. The molecule has 0 fully saturated rings. The predicted molar refractivity (Wildman–Crippen MR) is 98.2 cm³/mol. The standard InChI is InChI=1S/C21H20N2/c22-20(17-10-5-2-6-11-17)15-21(23)19-13-7-12-18(14-19)16-8-3-1-4-9-16/h2-3,5-15,23H,1,4,22H2. The number of hydrogen-bond donors (Lipinski definition) is 2. The fourth-order valence-electron chi connectivity index (χ4n) is 2.65. The minimum atomic E-state index is 0.425. The van der Waals surface area contributed by atoms with Crippen molar-refractivity contribution in [1.82, 2.24) is 0 Å². The van der Waals surface area contributed by atoms with E-state index in [4.69, 9.17) is 11.1 Å². The number of hydrogen-bond acceptors (Lipinski definition) is 2. The van der Waals surface area contributed by atoms with E-state index in [2.05, 4.69) is 30.4 Å². The summed E-state index contributed by atoms with van der Waals surface area (Å²) in [6, 6.07) is 17.8. The first-order valence-electron chi connectivity index (χ1n) is 7.83. The zero-order chi connectivity index (χ0) is 16.1. The van der Waals surface area contributed by atoms with E-state index in [-0.39, 0.29) is 0 Å². The van der Waals surface area contributed by atoms with Crippen LogP contribution in [0.5, 0.6) is 0 Å². The molecule has 0 unspecified atom stereocenters. The molecule has 2 nitrogen and oxygen atoms in total. The maximum Gasteiger partial charge on any atom is 0.0633 e. The van der Waals surface area contributed by atoms with E-state index >= 15 is 0 Å². The molecule has 2 aromatic carbocycles. The quantitative estimate of drug-likeness (QED) is 0.784. The number of rotatable bonds is 4. The third kappa shape index (κ3) is 3.67. The topological polar surface area (TPSA) is 49.9 Å². The number of allylic oxidation sites excluding steroid dienone is 5. The van der Waals surface area contributed by atoms with Gasteiger partial charge in [0.05, 0.1) is 5.71 Å². The number of nitrogens with two attached hydrogens (primary N) is 1. The van der Waals surface area contributed by atoms with Gasteiger partial charge in [-0.1, -0.05) is 66.8 Å². The van der Waals surface area contributed by atoms with E-state index in [1.807, 2.05) is 42.5 Å². The summed E-state index contributed by atoms with van der Waals surface area (Å²) in [6.07, 6.45) is 10.5. The van der Waals surface area contributed by atoms with Gasteiger partial charge in [0.15, 0.2) is 0 Å². The average Bonchev–Trinajstić information content (AvgIpc) is 2.63.